The molecule has 102 valence electrons. The second-order valence-electron chi connectivity index (χ2n) is 4.70. The highest BCUT2D eigenvalue weighted by Gasteiger charge is 2.54. The van der Waals surface area contributed by atoms with Crippen molar-refractivity contribution in [3.63, 3.8) is 0 Å². The smallest absolute Gasteiger partial charge is 0.233 e. The standard InChI is InChI=1S/C13H16FN3O2/c14-10-3-1-9(2-4-10)5-8-16-12(18)13(6-7-13)11(15)17-19/h1-4,19H,5-8H2,(H2,15,17)(H,16,18). The minimum atomic E-state index is -0.822. The summed E-state index contributed by atoms with van der Waals surface area (Å²) in [5.41, 5.74) is 5.63. The average molecular weight is 265 g/mol. The zero-order valence-electron chi connectivity index (χ0n) is 10.4. The van der Waals surface area contributed by atoms with Crippen molar-refractivity contribution < 1.29 is 14.4 Å². The lowest BCUT2D eigenvalue weighted by Gasteiger charge is -2.13. The topological polar surface area (TPSA) is 87.7 Å². The molecule has 1 saturated carbocycles. The summed E-state index contributed by atoms with van der Waals surface area (Å²) in [7, 11) is 0. The Bertz CT molecular complexity index is 495. The molecule has 1 aromatic rings. The SMILES string of the molecule is N/C(=N/O)C1(C(=O)NCCc2ccc(F)cc2)CC1. The Morgan fingerprint density at radius 3 is 2.58 bits per heavy atom. The summed E-state index contributed by atoms with van der Waals surface area (Å²) >= 11 is 0. The highest BCUT2D eigenvalue weighted by molar-refractivity contribution is 6.09. The van der Waals surface area contributed by atoms with Crippen molar-refractivity contribution in [3.8, 4) is 0 Å². The van der Waals surface area contributed by atoms with Gasteiger partial charge < -0.3 is 16.3 Å². The molecule has 0 unspecified atom stereocenters. The molecule has 0 bridgehead atoms. The number of carbonyl (C=O) groups is 1. The molecule has 6 heteroatoms. The van der Waals surface area contributed by atoms with Crippen LogP contribution in [-0.4, -0.2) is 23.5 Å². The Hall–Kier alpha value is -2.11. The molecule has 0 spiro atoms. The van der Waals surface area contributed by atoms with Gasteiger partial charge in [-0.05, 0) is 37.0 Å². The van der Waals surface area contributed by atoms with Crippen molar-refractivity contribution in [2.75, 3.05) is 6.54 Å². The Morgan fingerprint density at radius 1 is 1.42 bits per heavy atom. The number of benzene rings is 1. The molecule has 0 aromatic heterocycles. The van der Waals surface area contributed by atoms with Crippen molar-refractivity contribution in [1.29, 1.82) is 0 Å². The van der Waals surface area contributed by atoms with Gasteiger partial charge in [-0.2, -0.15) is 0 Å². The number of nitrogens with zero attached hydrogens (tertiary/aromatic N) is 1. The number of oxime groups is 1. The van der Waals surface area contributed by atoms with E-state index in [4.69, 9.17) is 10.9 Å². The third-order valence-electron chi connectivity index (χ3n) is 3.40. The first kappa shape index (κ1) is 13.3. The molecule has 0 atom stereocenters. The summed E-state index contributed by atoms with van der Waals surface area (Å²) < 4.78 is 12.7. The number of hydrogen-bond donors (Lipinski definition) is 3. The minimum absolute atomic E-state index is 0.0354. The lowest BCUT2D eigenvalue weighted by atomic mass is 10.1. The van der Waals surface area contributed by atoms with Crippen LogP contribution in [0.4, 0.5) is 4.39 Å². The summed E-state index contributed by atoms with van der Waals surface area (Å²) in [4.78, 5) is 11.9. The molecule has 0 heterocycles. The number of amides is 1. The van der Waals surface area contributed by atoms with Gasteiger partial charge in [0, 0.05) is 6.54 Å². The van der Waals surface area contributed by atoms with Gasteiger partial charge in [0.2, 0.25) is 5.91 Å². The first-order valence-corrected chi connectivity index (χ1v) is 6.09. The van der Waals surface area contributed by atoms with Crippen LogP contribution in [0.3, 0.4) is 0 Å². The van der Waals surface area contributed by atoms with Gasteiger partial charge in [0.25, 0.3) is 0 Å². The lowest BCUT2D eigenvalue weighted by molar-refractivity contribution is -0.124. The molecule has 1 aliphatic rings. The quantitative estimate of drug-likeness (QED) is 0.321. The predicted molar refractivity (Wildman–Crippen MR) is 68.2 cm³/mol. The van der Waals surface area contributed by atoms with Gasteiger partial charge in [-0.3, -0.25) is 4.79 Å². The fourth-order valence-corrected chi connectivity index (χ4v) is 1.96. The normalized spacial score (nSPS) is 17.0. The zero-order chi connectivity index (χ0) is 13.9. The van der Waals surface area contributed by atoms with E-state index in [0.717, 1.165) is 5.56 Å². The van der Waals surface area contributed by atoms with Crippen LogP contribution < -0.4 is 11.1 Å². The van der Waals surface area contributed by atoms with E-state index in [1.807, 2.05) is 0 Å². The first-order valence-electron chi connectivity index (χ1n) is 6.09. The molecule has 19 heavy (non-hydrogen) atoms. The second kappa shape index (κ2) is 5.26. The third kappa shape index (κ3) is 2.83. The molecule has 1 amide bonds. The Balaban J connectivity index is 1.83. The van der Waals surface area contributed by atoms with Gasteiger partial charge in [-0.15, -0.1) is 0 Å². The largest absolute Gasteiger partial charge is 0.409 e. The number of rotatable bonds is 5. The van der Waals surface area contributed by atoms with E-state index in [-0.39, 0.29) is 17.6 Å². The van der Waals surface area contributed by atoms with E-state index < -0.39 is 5.41 Å². The van der Waals surface area contributed by atoms with Crippen molar-refractivity contribution >= 4 is 11.7 Å². The van der Waals surface area contributed by atoms with Crippen LogP contribution in [0.15, 0.2) is 29.4 Å². The van der Waals surface area contributed by atoms with E-state index in [1.165, 1.54) is 12.1 Å². The number of nitrogens with two attached hydrogens (primary N) is 1. The van der Waals surface area contributed by atoms with E-state index in [9.17, 15) is 9.18 Å². The predicted octanol–water partition coefficient (Wildman–Crippen LogP) is 1.01. The molecule has 1 aromatic carbocycles. The van der Waals surface area contributed by atoms with Crippen LogP contribution in [0, 0.1) is 11.2 Å². The fourth-order valence-electron chi connectivity index (χ4n) is 1.96. The molecule has 1 fully saturated rings. The minimum Gasteiger partial charge on any atom is -0.409 e. The van der Waals surface area contributed by atoms with Crippen molar-refractivity contribution in [2.45, 2.75) is 19.3 Å². The maximum Gasteiger partial charge on any atom is 0.233 e. The van der Waals surface area contributed by atoms with Crippen molar-refractivity contribution in [3.05, 3.63) is 35.6 Å². The fraction of sp³-hybridized carbons (Fsp3) is 0.385. The maximum absolute atomic E-state index is 12.7. The molecular weight excluding hydrogens is 249 g/mol. The molecule has 0 saturated heterocycles. The van der Waals surface area contributed by atoms with Crippen LogP contribution in [0.25, 0.3) is 0 Å². The molecule has 0 radical (unpaired) electrons. The lowest BCUT2D eigenvalue weighted by Crippen LogP contribution is -2.41. The molecule has 5 nitrogen and oxygen atoms in total. The van der Waals surface area contributed by atoms with E-state index in [2.05, 4.69) is 10.5 Å². The third-order valence-corrected chi connectivity index (χ3v) is 3.40. The van der Waals surface area contributed by atoms with Crippen LogP contribution in [0.1, 0.15) is 18.4 Å². The average Bonchev–Trinajstić information content (AvgIpc) is 3.21. The van der Waals surface area contributed by atoms with Gasteiger partial charge in [0.05, 0.1) is 0 Å². The van der Waals surface area contributed by atoms with Gasteiger partial charge in [-0.25, -0.2) is 4.39 Å². The number of amidine groups is 1. The van der Waals surface area contributed by atoms with Gasteiger partial charge >= 0.3 is 0 Å². The molecular formula is C13H16FN3O2. The summed E-state index contributed by atoms with van der Waals surface area (Å²) in [5, 5.41) is 14.3. The van der Waals surface area contributed by atoms with E-state index in [0.29, 0.717) is 25.8 Å². The van der Waals surface area contributed by atoms with Crippen molar-refractivity contribution in [1.82, 2.24) is 5.32 Å². The molecule has 0 aliphatic heterocycles. The van der Waals surface area contributed by atoms with Gasteiger partial charge in [0.15, 0.2) is 5.84 Å². The van der Waals surface area contributed by atoms with Gasteiger partial charge in [-0.1, -0.05) is 17.3 Å². The molecule has 4 N–H and O–H groups in total. The van der Waals surface area contributed by atoms with Crippen LogP contribution in [-0.2, 0) is 11.2 Å². The number of hydrogen-bond acceptors (Lipinski definition) is 3. The van der Waals surface area contributed by atoms with Crippen LogP contribution in [0.2, 0.25) is 0 Å². The highest BCUT2D eigenvalue weighted by Crippen LogP contribution is 2.45. The summed E-state index contributed by atoms with van der Waals surface area (Å²) in [6.45, 7) is 0.435. The van der Waals surface area contributed by atoms with Crippen LogP contribution in [0.5, 0.6) is 0 Å². The number of nitrogens with one attached hydrogen (secondary N) is 1. The zero-order valence-corrected chi connectivity index (χ0v) is 10.4. The number of carbonyl (C=O) groups excluding carboxylic acids is 1. The number of halogens is 1. The van der Waals surface area contributed by atoms with Gasteiger partial charge in [0.1, 0.15) is 11.2 Å². The highest BCUT2D eigenvalue weighted by atomic mass is 19.1. The Labute approximate surface area is 110 Å². The van der Waals surface area contributed by atoms with Crippen LogP contribution >= 0.6 is 0 Å². The summed E-state index contributed by atoms with van der Waals surface area (Å²) in [6, 6.07) is 6.13. The Morgan fingerprint density at radius 2 is 2.05 bits per heavy atom. The van der Waals surface area contributed by atoms with E-state index in [1.54, 1.807) is 12.1 Å². The Kier molecular flexibility index (Phi) is 3.69. The first-order chi connectivity index (χ1) is 9.08. The van der Waals surface area contributed by atoms with Crippen molar-refractivity contribution in [2.24, 2.45) is 16.3 Å². The summed E-state index contributed by atoms with van der Waals surface area (Å²) in [6.07, 6.45) is 1.81. The molecule has 1 aliphatic carbocycles. The van der Waals surface area contributed by atoms with E-state index >= 15 is 0 Å². The molecule has 2 rings (SSSR count). The maximum atomic E-state index is 12.7. The second-order valence-corrected chi connectivity index (χ2v) is 4.70. The summed E-state index contributed by atoms with van der Waals surface area (Å²) in [5.74, 6) is -0.534. The monoisotopic (exact) mass is 265 g/mol.